The van der Waals surface area contributed by atoms with Crippen molar-refractivity contribution in [3.63, 3.8) is 0 Å². The molecule has 11 heavy (non-hydrogen) atoms. The van der Waals surface area contributed by atoms with Gasteiger partial charge in [-0.3, -0.25) is 4.79 Å². The number of alkyl halides is 1. The summed E-state index contributed by atoms with van der Waals surface area (Å²) in [4.78, 5) is 11.0. The molecule has 1 aliphatic rings. The molecule has 0 heterocycles. The summed E-state index contributed by atoms with van der Waals surface area (Å²) in [6, 6.07) is 0. The maximum absolute atomic E-state index is 13.4. The van der Waals surface area contributed by atoms with E-state index < -0.39 is 11.5 Å². The van der Waals surface area contributed by atoms with Crippen LogP contribution in [-0.4, -0.2) is 11.5 Å². The molecule has 0 N–H and O–H groups in total. The molecular weight excluding hydrogens is 258 g/mol. The summed E-state index contributed by atoms with van der Waals surface area (Å²) >= 11 is 2.02. The molecule has 0 aromatic carbocycles. The van der Waals surface area contributed by atoms with Crippen LogP contribution in [0.5, 0.6) is 0 Å². The number of rotatable bonds is 0. The van der Waals surface area contributed by atoms with Crippen molar-refractivity contribution in [2.75, 3.05) is 0 Å². The predicted molar refractivity (Wildman–Crippen MR) is 50.4 cm³/mol. The Kier molecular flexibility index (Phi) is 2.18. The van der Waals surface area contributed by atoms with Crippen LogP contribution in [0.1, 0.15) is 13.8 Å². The zero-order valence-corrected chi connectivity index (χ0v) is 8.48. The standard InChI is InChI=1S/C8H8FIO/c1-5-6(10)3-4-7(11)8(5,2)9/h3-4H,1-2H3. The Balaban J connectivity index is 3.17. The van der Waals surface area contributed by atoms with Crippen LogP contribution < -0.4 is 0 Å². The Bertz CT molecular complexity index is 263. The molecule has 0 aliphatic heterocycles. The molecule has 1 nitrogen and oxygen atoms in total. The number of ketones is 1. The first kappa shape index (κ1) is 8.90. The van der Waals surface area contributed by atoms with E-state index in [0.29, 0.717) is 5.57 Å². The highest BCUT2D eigenvalue weighted by molar-refractivity contribution is 14.1. The van der Waals surface area contributed by atoms with Crippen molar-refractivity contribution >= 4 is 28.4 Å². The summed E-state index contributed by atoms with van der Waals surface area (Å²) in [6.45, 7) is 2.94. The average Bonchev–Trinajstić information content (AvgIpc) is 1.95. The minimum absolute atomic E-state index is 0.463. The average molecular weight is 266 g/mol. The first-order valence-corrected chi connectivity index (χ1v) is 4.32. The Morgan fingerprint density at radius 1 is 1.55 bits per heavy atom. The molecule has 1 aliphatic carbocycles. The Morgan fingerprint density at radius 2 is 2.09 bits per heavy atom. The predicted octanol–water partition coefficient (Wildman–Crippen LogP) is 2.56. The summed E-state index contributed by atoms with van der Waals surface area (Å²) in [5, 5.41) is 0. The topological polar surface area (TPSA) is 17.1 Å². The van der Waals surface area contributed by atoms with E-state index in [0.717, 1.165) is 3.58 Å². The second-order valence-corrected chi connectivity index (χ2v) is 3.84. The second-order valence-electron chi connectivity index (χ2n) is 2.67. The van der Waals surface area contributed by atoms with Crippen molar-refractivity contribution in [1.82, 2.24) is 0 Å². The van der Waals surface area contributed by atoms with Crippen molar-refractivity contribution < 1.29 is 9.18 Å². The zero-order chi connectivity index (χ0) is 8.65. The third-order valence-electron chi connectivity index (χ3n) is 1.91. The zero-order valence-electron chi connectivity index (χ0n) is 6.32. The fourth-order valence-corrected chi connectivity index (χ4v) is 1.53. The maximum Gasteiger partial charge on any atom is 0.196 e. The van der Waals surface area contributed by atoms with Gasteiger partial charge in [-0.2, -0.15) is 0 Å². The monoisotopic (exact) mass is 266 g/mol. The molecule has 0 saturated heterocycles. The first-order valence-electron chi connectivity index (χ1n) is 3.24. The fourth-order valence-electron chi connectivity index (χ4n) is 0.839. The van der Waals surface area contributed by atoms with Gasteiger partial charge in [-0.15, -0.1) is 0 Å². The minimum Gasteiger partial charge on any atom is -0.291 e. The largest absolute Gasteiger partial charge is 0.291 e. The lowest BCUT2D eigenvalue weighted by Crippen LogP contribution is -2.32. The Morgan fingerprint density at radius 3 is 2.55 bits per heavy atom. The third kappa shape index (κ3) is 1.38. The number of hydrogen-bond donors (Lipinski definition) is 0. The van der Waals surface area contributed by atoms with Gasteiger partial charge >= 0.3 is 0 Å². The molecule has 0 amide bonds. The molecule has 0 aromatic heterocycles. The Labute approximate surface area is 78.5 Å². The number of hydrogen-bond acceptors (Lipinski definition) is 1. The van der Waals surface area contributed by atoms with E-state index in [9.17, 15) is 9.18 Å². The van der Waals surface area contributed by atoms with E-state index >= 15 is 0 Å². The van der Waals surface area contributed by atoms with Crippen molar-refractivity contribution in [1.29, 1.82) is 0 Å². The van der Waals surface area contributed by atoms with Crippen molar-refractivity contribution in [3.05, 3.63) is 21.3 Å². The van der Waals surface area contributed by atoms with Gasteiger partial charge in [0, 0.05) is 3.58 Å². The van der Waals surface area contributed by atoms with Crippen LogP contribution in [0.15, 0.2) is 21.3 Å². The summed E-state index contributed by atoms with van der Waals surface area (Å²) in [5.41, 5.74) is -1.28. The van der Waals surface area contributed by atoms with Gasteiger partial charge < -0.3 is 0 Å². The molecule has 1 atom stereocenters. The van der Waals surface area contributed by atoms with Gasteiger partial charge in [-0.05, 0) is 54.2 Å². The van der Waals surface area contributed by atoms with E-state index in [1.165, 1.54) is 13.0 Å². The highest BCUT2D eigenvalue weighted by atomic mass is 127. The van der Waals surface area contributed by atoms with Gasteiger partial charge in [-0.1, -0.05) is 0 Å². The summed E-state index contributed by atoms with van der Waals surface area (Å²) in [5.74, 6) is -0.463. The van der Waals surface area contributed by atoms with Crippen LogP contribution in [0.25, 0.3) is 0 Å². The molecule has 1 unspecified atom stereocenters. The normalized spacial score (nSPS) is 31.5. The molecule has 0 bridgehead atoms. The lowest BCUT2D eigenvalue weighted by Gasteiger charge is -2.22. The summed E-state index contributed by atoms with van der Waals surface area (Å²) in [6.07, 6.45) is 2.92. The van der Waals surface area contributed by atoms with E-state index in [2.05, 4.69) is 0 Å². The molecule has 0 aromatic rings. The smallest absolute Gasteiger partial charge is 0.196 e. The number of allylic oxidation sites excluding steroid dienone is 4. The summed E-state index contributed by atoms with van der Waals surface area (Å²) < 4.78 is 14.3. The molecule has 0 fully saturated rings. The van der Waals surface area contributed by atoms with E-state index in [-0.39, 0.29) is 0 Å². The number of halogens is 2. The molecular formula is C8H8FIO. The molecule has 0 radical (unpaired) electrons. The molecule has 60 valence electrons. The maximum atomic E-state index is 13.4. The van der Waals surface area contributed by atoms with Crippen molar-refractivity contribution in [3.8, 4) is 0 Å². The van der Waals surface area contributed by atoms with Gasteiger partial charge in [0.15, 0.2) is 11.5 Å². The summed E-state index contributed by atoms with van der Waals surface area (Å²) in [7, 11) is 0. The van der Waals surface area contributed by atoms with Crippen molar-refractivity contribution in [2.24, 2.45) is 0 Å². The van der Waals surface area contributed by atoms with Crippen LogP contribution in [0, 0.1) is 0 Å². The molecule has 0 saturated carbocycles. The number of carbonyl (C=O) groups excluding carboxylic acids is 1. The highest BCUT2D eigenvalue weighted by Gasteiger charge is 2.36. The highest BCUT2D eigenvalue weighted by Crippen LogP contribution is 2.32. The van der Waals surface area contributed by atoms with Crippen LogP contribution in [0.4, 0.5) is 4.39 Å². The lowest BCUT2D eigenvalue weighted by molar-refractivity contribution is -0.122. The van der Waals surface area contributed by atoms with Crippen LogP contribution in [-0.2, 0) is 4.79 Å². The lowest BCUT2D eigenvalue weighted by atomic mass is 9.90. The quantitative estimate of drug-likeness (QED) is 0.616. The second kappa shape index (κ2) is 2.69. The van der Waals surface area contributed by atoms with Gasteiger partial charge in [0.2, 0.25) is 0 Å². The Hall–Kier alpha value is -0.190. The van der Waals surface area contributed by atoms with Crippen LogP contribution >= 0.6 is 22.6 Å². The first-order chi connectivity index (χ1) is 4.96. The van der Waals surface area contributed by atoms with Crippen LogP contribution in [0.2, 0.25) is 0 Å². The molecule has 1 rings (SSSR count). The number of carbonyl (C=O) groups is 1. The SMILES string of the molecule is CC1=C(I)C=CC(=O)C1(C)F. The van der Waals surface area contributed by atoms with Crippen molar-refractivity contribution in [2.45, 2.75) is 19.5 Å². The molecule has 0 spiro atoms. The molecule has 3 heteroatoms. The van der Waals surface area contributed by atoms with Gasteiger partial charge in [-0.25, -0.2) is 4.39 Å². The van der Waals surface area contributed by atoms with Gasteiger partial charge in [0.1, 0.15) is 0 Å². The fraction of sp³-hybridized carbons (Fsp3) is 0.375. The van der Waals surface area contributed by atoms with Gasteiger partial charge in [0.05, 0.1) is 0 Å². The van der Waals surface area contributed by atoms with Crippen LogP contribution in [0.3, 0.4) is 0 Å². The minimum atomic E-state index is -1.79. The van der Waals surface area contributed by atoms with E-state index in [4.69, 9.17) is 0 Å². The van der Waals surface area contributed by atoms with Gasteiger partial charge in [0.25, 0.3) is 0 Å². The third-order valence-corrected chi connectivity index (χ3v) is 3.07. The van der Waals surface area contributed by atoms with E-state index in [1.54, 1.807) is 13.0 Å². The van der Waals surface area contributed by atoms with E-state index in [1.807, 2.05) is 22.6 Å².